The van der Waals surface area contributed by atoms with Crippen molar-refractivity contribution in [1.29, 1.82) is 0 Å². The predicted octanol–water partition coefficient (Wildman–Crippen LogP) is 2.00. The summed E-state index contributed by atoms with van der Waals surface area (Å²) in [4.78, 5) is 0. The smallest absolute Gasteiger partial charge is 0.149 e. The van der Waals surface area contributed by atoms with E-state index in [0.717, 1.165) is 12.1 Å². The van der Waals surface area contributed by atoms with Gasteiger partial charge in [0.2, 0.25) is 0 Å². The third kappa shape index (κ3) is 2.03. The molecular formula is C9H10ClF2NO. The second kappa shape index (κ2) is 4.21. The summed E-state index contributed by atoms with van der Waals surface area (Å²) < 4.78 is 26.5. The van der Waals surface area contributed by atoms with Crippen molar-refractivity contribution in [3.8, 4) is 0 Å². The van der Waals surface area contributed by atoms with Gasteiger partial charge in [-0.1, -0.05) is 11.6 Å². The van der Waals surface area contributed by atoms with Crippen molar-refractivity contribution < 1.29 is 13.9 Å². The fraction of sp³-hybridized carbons (Fsp3) is 0.333. The summed E-state index contributed by atoms with van der Waals surface area (Å²) >= 11 is 5.46. The largest absolute Gasteiger partial charge is 0.391 e. The lowest BCUT2D eigenvalue weighted by Crippen LogP contribution is -2.25. The summed E-state index contributed by atoms with van der Waals surface area (Å²) in [6.45, 7) is 1.35. The molecule has 0 spiro atoms. The molecule has 1 rings (SSSR count). The van der Waals surface area contributed by atoms with E-state index in [4.69, 9.17) is 22.4 Å². The lowest BCUT2D eigenvalue weighted by Gasteiger charge is -2.16. The summed E-state index contributed by atoms with van der Waals surface area (Å²) in [5.41, 5.74) is 5.04. The molecule has 0 aliphatic carbocycles. The number of halogens is 3. The number of benzene rings is 1. The first-order valence-electron chi connectivity index (χ1n) is 4.02. The maximum Gasteiger partial charge on any atom is 0.149 e. The molecular weight excluding hydrogens is 212 g/mol. The number of rotatable bonds is 2. The Labute approximate surface area is 85.3 Å². The zero-order valence-corrected chi connectivity index (χ0v) is 8.22. The zero-order chi connectivity index (χ0) is 10.9. The van der Waals surface area contributed by atoms with E-state index >= 15 is 0 Å². The van der Waals surface area contributed by atoms with Crippen molar-refractivity contribution >= 4 is 11.6 Å². The van der Waals surface area contributed by atoms with Gasteiger partial charge in [0, 0.05) is 5.56 Å². The van der Waals surface area contributed by atoms with Gasteiger partial charge in [0.15, 0.2) is 0 Å². The Morgan fingerprint density at radius 1 is 1.43 bits per heavy atom. The van der Waals surface area contributed by atoms with Gasteiger partial charge in [0.05, 0.1) is 17.2 Å². The minimum atomic E-state index is -1.12. The Hall–Kier alpha value is -0.710. The second-order valence-electron chi connectivity index (χ2n) is 3.02. The van der Waals surface area contributed by atoms with Crippen LogP contribution in [-0.2, 0) is 0 Å². The molecule has 78 valence electrons. The number of aliphatic hydroxyl groups is 1. The molecule has 0 aliphatic heterocycles. The molecule has 1 aromatic rings. The predicted molar refractivity (Wildman–Crippen MR) is 50.0 cm³/mol. The molecule has 14 heavy (non-hydrogen) atoms. The van der Waals surface area contributed by atoms with Crippen LogP contribution in [0.5, 0.6) is 0 Å². The van der Waals surface area contributed by atoms with Crippen molar-refractivity contribution in [2.45, 2.75) is 19.1 Å². The van der Waals surface area contributed by atoms with Gasteiger partial charge in [-0.2, -0.15) is 0 Å². The Kier molecular flexibility index (Phi) is 3.42. The molecule has 2 atom stereocenters. The fourth-order valence-electron chi connectivity index (χ4n) is 1.09. The van der Waals surface area contributed by atoms with Crippen LogP contribution in [0.4, 0.5) is 8.78 Å². The molecule has 1 aromatic carbocycles. The SMILES string of the molecule is C[C@@H](O)[C@@H](N)c1c(F)ccc(Cl)c1F. The first-order valence-corrected chi connectivity index (χ1v) is 4.40. The summed E-state index contributed by atoms with van der Waals surface area (Å²) in [5, 5.41) is 8.90. The molecule has 0 aliphatic rings. The minimum Gasteiger partial charge on any atom is -0.391 e. The van der Waals surface area contributed by atoms with Crippen LogP contribution in [0.25, 0.3) is 0 Å². The average molecular weight is 222 g/mol. The van der Waals surface area contributed by atoms with Crippen molar-refractivity contribution in [2.75, 3.05) is 0 Å². The standard InChI is InChI=1S/C9H10ClF2NO/c1-4(14)9(13)7-6(11)3-2-5(10)8(7)12/h2-4,9,14H,13H2,1H3/t4-,9-/m1/s1. The molecule has 5 heteroatoms. The van der Waals surface area contributed by atoms with Crippen LogP contribution in [0.3, 0.4) is 0 Å². The van der Waals surface area contributed by atoms with E-state index in [2.05, 4.69) is 0 Å². The Morgan fingerprint density at radius 3 is 2.50 bits per heavy atom. The number of hydrogen-bond acceptors (Lipinski definition) is 2. The monoisotopic (exact) mass is 221 g/mol. The van der Waals surface area contributed by atoms with Gasteiger partial charge in [-0.05, 0) is 19.1 Å². The van der Waals surface area contributed by atoms with Crippen LogP contribution >= 0.6 is 11.6 Å². The third-order valence-electron chi connectivity index (χ3n) is 1.93. The average Bonchev–Trinajstić information content (AvgIpc) is 2.12. The first kappa shape index (κ1) is 11.4. The molecule has 0 radical (unpaired) electrons. The Bertz CT molecular complexity index is 344. The first-order chi connectivity index (χ1) is 6.45. The minimum absolute atomic E-state index is 0.211. The van der Waals surface area contributed by atoms with Crippen LogP contribution in [0.1, 0.15) is 18.5 Å². The number of hydrogen-bond donors (Lipinski definition) is 2. The summed E-state index contributed by atoms with van der Waals surface area (Å²) in [7, 11) is 0. The van der Waals surface area contributed by atoms with E-state index in [1.807, 2.05) is 0 Å². The maximum absolute atomic E-state index is 13.3. The van der Waals surface area contributed by atoms with Gasteiger partial charge in [-0.25, -0.2) is 8.78 Å². The highest BCUT2D eigenvalue weighted by atomic mass is 35.5. The van der Waals surface area contributed by atoms with Gasteiger partial charge in [-0.15, -0.1) is 0 Å². The summed E-state index contributed by atoms with van der Waals surface area (Å²) in [5.74, 6) is -1.72. The molecule has 0 aromatic heterocycles. The highest BCUT2D eigenvalue weighted by Crippen LogP contribution is 2.26. The second-order valence-corrected chi connectivity index (χ2v) is 3.43. The van der Waals surface area contributed by atoms with Gasteiger partial charge in [0.1, 0.15) is 11.6 Å². The summed E-state index contributed by atoms with van der Waals surface area (Å²) in [6.07, 6.45) is -1.04. The number of aliphatic hydroxyl groups excluding tert-OH is 1. The molecule has 3 N–H and O–H groups in total. The third-order valence-corrected chi connectivity index (χ3v) is 2.22. The van der Waals surface area contributed by atoms with Crippen molar-refractivity contribution in [2.24, 2.45) is 5.73 Å². The van der Waals surface area contributed by atoms with E-state index in [0.29, 0.717) is 0 Å². The molecule has 0 unspecified atom stereocenters. The molecule has 0 saturated heterocycles. The molecule has 0 fully saturated rings. The highest BCUT2D eigenvalue weighted by molar-refractivity contribution is 6.30. The van der Waals surface area contributed by atoms with E-state index in [1.54, 1.807) is 0 Å². The van der Waals surface area contributed by atoms with Crippen molar-refractivity contribution in [1.82, 2.24) is 0 Å². The van der Waals surface area contributed by atoms with Crippen molar-refractivity contribution in [3.63, 3.8) is 0 Å². The zero-order valence-electron chi connectivity index (χ0n) is 7.47. The Morgan fingerprint density at radius 2 is 2.00 bits per heavy atom. The van der Waals surface area contributed by atoms with Gasteiger partial charge in [-0.3, -0.25) is 0 Å². The molecule has 0 heterocycles. The van der Waals surface area contributed by atoms with Gasteiger partial charge >= 0.3 is 0 Å². The van der Waals surface area contributed by atoms with E-state index in [9.17, 15) is 8.78 Å². The van der Waals surface area contributed by atoms with Crippen LogP contribution in [0.2, 0.25) is 5.02 Å². The van der Waals surface area contributed by atoms with Crippen LogP contribution in [-0.4, -0.2) is 11.2 Å². The number of nitrogens with two attached hydrogens (primary N) is 1. The van der Waals surface area contributed by atoms with E-state index in [1.165, 1.54) is 6.92 Å². The maximum atomic E-state index is 13.3. The van der Waals surface area contributed by atoms with Gasteiger partial charge in [0.25, 0.3) is 0 Å². The highest BCUT2D eigenvalue weighted by Gasteiger charge is 2.22. The van der Waals surface area contributed by atoms with E-state index in [-0.39, 0.29) is 10.6 Å². The normalized spacial score (nSPS) is 15.3. The van der Waals surface area contributed by atoms with Crippen LogP contribution in [0, 0.1) is 11.6 Å². The topological polar surface area (TPSA) is 46.2 Å². The van der Waals surface area contributed by atoms with E-state index < -0.39 is 23.8 Å². The lowest BCUT2D eigenvalue weighted by molar-refractivity contribution is 0.160. The molecule has 0 amide bonds. The summed E-state index contributed by atoms with van der Waals surface area (Å²) in [6, 6.07) is 1.00. The van der Waals surface area contributed by atoms with Crippen LogP contribution in [0.15, 0.2) is 12.1 Å². The molecule has 0 bridgehead atoms. The van der Waals surface area contributed by atoms with Crippen molar-refractivity contribution in [3.05, 3.63) is 34.4 Å². The van der Waals surface area contributed by atoms with Gasteiger partial charge < -0.3 is 10.8 Å². The lowest BCUT2D eigenvalue weighted by atomic mass is 10.0. The molecule has 0 saturated carbocycles. The quantitative estimate of drug-likeness (QED) is 0.751. The van der Waals surface area contributed by atoms with Crippen LogP contribution < -0.4 is 5.73 Å². The molecule has 2 nitrogen and oxygen atoms in total. The fourth-order valence-corrected chi connectivity index (χ4v) is 1.25. The Balaban J connectivity index is 3.25.